The van der Waals surface area contributed by atoms with E-state index in [9.17, 15) is 8.78 Å². The largest absolute Gasteiger partial charge is 0.373 e. The van der Waals surface area contributed by atoms with Crippen LogP contribution in [0.4, 0.5) is 8.78 Å². The van der Waals surface area contributed by atoms with Gasteiger partial charge in [0.25, 0.3) is 0 Å². The summed E-state index contributed by atoms with van der Waals surface area (Å²) in [6, 6.07) is 4.00. The summed E-state index contributed by atoms with van der Waals surface area (Å²) >= 11 is 0. The number of nitrogens with zero attached hydrogens (tertiary/aromatic N) is 6. The van der Waals surface area contributed by atoms with Gasteiger partial charge in [0.2, 0.25) is 0 Å². The highest BCUT2D eigenvalue weighted by atomic mass is 19.1. The minimum absolute atomic E-state index is 0.0122. The van der Waals surface area contributed by atoms with Crippen LogP contribution in [-0.2, 0) is 4.74 Å². The molecule has 1 aliphatic heterocycles. The molecule has 0 spiro atoms. The van der Waals surface area contributed by atoms with E-state index < -0.39 is 11.6 Å². The molecule has 180 valence electrons. The van der Waals surface area contributed by atoms with Crippen molar-refractivity contribution in [3.8, 4) is 11.3 Å². The molecule has 1 saturated heterocycles. The van der Waals surface area contributed by atoms with Crippen molar-refractivity contribution in [2.24, 2.45) is 0 Å². The normalized spacial score (nSPS) is 20.8. The highest BCUT2D eigenvalue weighted by molar-refractivity contribution is 5.87. The van der Waals surface area contributed by atoms with E-state index in [0.29, 0.717) is 47.4 Å². The molecule has 1 aliphatic carbocycles. The number of rotatable bonds is 4. The molecule has 2 aliphatic rings. The van der Waals surface area contributed by atoms with E-state index in [-0.39, 0.29) is 17.6 Å². The molecular formula is C26H26F2N6O. The number of hydrogen-bond acceptors (Lipinski definition) is 6. The van der Waals surface area contributed by atoms with Crippen molar-refractivity contribution in [1.29, 1.82) is 0 Å². The van der Waals surface area contributed by atoms with Gasteiger partial charge < -0.3 is 4.74 Å². The molecule has 9 heteroatoms. The Labute approximate surface area is 201 Å². The zero-order valence-corrected chi connectivity index (χ0v) is 19.7. The molecule has 7 nitrogen and oxygen atoms in total. The molecule has 2 fully saturated rings. The summed E-state index contributed by atoms with van der Waals surface area (Å²) in [5.74, 6) is -0.760. The van der Waals surface area contributed by atoms with E-state index in [0.717, 1.165) is 30.2 Å². The fraction of sp³-hybridized carbons (Fsp3) is 0.423. The minimum atomic E-state index is -0.689. The second kappa shape index (κ2) is 8.71. The van der Waals surface area contributed by atoms with Gasteiger partial charge in [-0.05, 0) is 58.1 Å². The predicted octanol–water partition coefficient (Wildman–Crippen LogP) is 5.54. The molecule has 4 heterocycles. The van der Waals surface area contributed by atoms with Crippen molar-refractivity contribution in [3.05, 3.63) is 65.0 Å². The maximum atomic E-state index is 14.9. The summed E-state index contributed by atoms with van der Waals surface area (Å²) in [6.07, 6.45) is 8.58. The first-order valence-corrected chi connectivity index (χ1v) is 12.1. The Balaban J connectivity index is 1.43. The maximum Gasteiger partial charge on any atom is 0.182 e. The van der Waals surface area contributed by atoms with Gasteiger partial charge in [-0.1, -0.05) is 0 Å². The summed E-state index contributed by atoms with van der Waals surface area (Å²) in [4.78, 5) is 18.9. The van der Waals surface area contributed by atoms with Gasteiger partial charge in [0.05, 0.1) is 29.7 Å². The smallest absolute Gasteiger partial charge is 0.182 e. The van der Waals surface area contributed by atoms with Crippen molar-refractivity contribution < 1.29 is 13.5 Å². The van der Waals surface area contributed by atoms with Crippen molar-refractivity contribution in [2.75, 3.05) is 6.61 Å². The number of aryl methyl sites for hydroxylation is 2. The monoisotopic (exact) mass is 476 g/mol. The maximum absolute atomic E-state index is 14.9. The Bertz CT molecular complexity index is 1420. The quantitative estimate of drug-likeness (QED) is 0.385. The predicted molar refractivity (Wildman–Crippen MR) is 126 cm³/mol. The van der Waals surface area contributed by atoms with Crippen LogP contribution in [0.25, 0.3) is 22.4 Å². The van der Waals surface area contributed by atoms with E-state index in [1.165, 1.54) is 25.0 Å². The molecule has 0 N–H and O–H groups in total. The zero-order chi connectivity index (χ0) is 24.1. The third-order valence-corrected chi connectivity index (χ3v) is 6.94. The Hall–Kier alpha value is -3.33. The van der Waals surface area contributed by atoms with E-state index >= 15 is 0 Å². The molecule has 0 amide bonds. The first-order chi connectivity index (χ1) is 17.0. The molecule has 35 heavy (non-hydrogen) atoms. The van der Waals surface area contributed by atoms with Gasteiger partial charge >= 0.3 is 0 Å². The summed E-state index contributed by atoms with van der Waals surface area (Å²) in [7, 11) is 0. The van der Waals surface area contributed by atoms with Gasteiger partial charge in [-0.2, -0.15) is 5.10 Å². The van der Waals surface area contributed by atoms with Crippen LogP contribution in [0.1, 0.15) is 72.9 Å². The summed E-state index contributed by atoms with van der Waals surface area (Å²) in [6.45, 7) is 4.35. The molecule has 4 aromatic rings. The second-order valence-electron chi connectivity index (χ2n) is 9.54. The number of benzene rings is 1. The van der Waals surface area contributed by atoms with Crippen molar-refractivity contribution in [2.45, 2.75) is 64.0 Å². The van der Waals surface area contributed by atoms with E-state index in [4.69, 9.17) is 14.7 Å². The van der Waals surface area contributed by atoms with Crippen LogP contribution in [0.2, 0.25) is 0 Å². The molecule has 0 radical (unpaired) electrons. The van der Waals surface area contributed by atoms with Crippen LogP contribution in [0.5, 0.6) is 0 Å². The van der Waals surface area contributed by atoms with Crippen LogP contribution in [0, 0.1) is 25.5 Å². The highest BCUT2D eigenvalue weighted by Gasteiger charge is 2.30. The van der Waals surface area contributed by atoms with Gasteiger partial charge in [-0.3, -0.25) is 4.68 Å². The van der Waals surface area contributed by atoms with Crippen LogP contribution >= 0.6 is 0 Å². The van der Waals surface area contributed by atoms with Gasteiger partial charge in [0, 0.05) is 35.9 Å². The third kappa shape index (κ3) is 4.29. The number of aromatic nitrogens is 6. The van der Waals surface area contributed by atoms with Crippen molar-refractivity contribution in [3.63, 3.8) is 0 Å². The number of hydrogen-bond donors (Lipinski definition) is 0. The molecule has 3 aromatic heterocycles. The Morgan fingerprint density at radius 3 is 2.63 bits per heavy atom. The lowest BCUT2D eigenvalue weighted by Crippen LogP contribution is -2.11. The van der Waals surface area contributed by atoms with Crippen LogP contribution in [-0.4, -0.2) is 36.3 Å². The third-order valence-electron chi connectivity index (χ3n) is 6.94. The summed E-state index contributed by atoms with van der Waals surface area (Å²) in [5, 5.41) is 4.53. The molecule has 2 atom stereocenters. The standard InChI is InChI=1S/C26H26F2N6O/c1-14-15(2)31-26-24(30-14)23(20-8-5-18(27)11-21(20)28)32-25(33-26)16-4-3-9-35-22(10-16)17-12-29-34(13-17)19-6-7-19/h5,8,11-13,16,19,22H,3-4,6-7,9-10H2,1-2H3/t16-,22-/m1/s1. The lowest BCUT2D eigenvalue weighted by Gasteiger charge is -2.19. The van der Waals surface area contributed by atoms with Gasteiger partial charge in [-0.15, -0.1) is 0 Å². The topological polar surface area (TPSA) is 78.6 Å². The van der Waals surface area contributed by atoms with Gasteiger partial charge in [0.1, 0.15) is 28.7 Å². The summed E-state index contributed by atoms with van der Waals surface area (Å²) in [5.41, 5.74) is 3.87. The Kier molecular flexibility index (Phi) is 5.51. The fourth-order valence-electron chi connectivity index (χ4n) is 4.71. The van der Waals surface area contributed by atoms with Crippen LogP contribution in [0.15, 0.2) is 30.6 Å². The number of fused-ring (bicyclic) bond motifs is 1. The zero-order valence-electron chi connectivity index (χ0n) is 19.7. The average Bonchev–Trinajstić information content (AvgIpc) is 3.62. The Morgan fingerprint density at radius 1 is 1.00 bits per heavy atom. The first-order valence-electron chi connectivity index (χ1n) is 12.1. The van der Waals surface area contributed by atoms with E-state index in [2.05, 4.69) is 21.3 Å². The molecular weight excluding hydrogens is 450 g/mol. The van der Waals surface area contributed by atoms with E-state index in [1.807, 2.05) is 24.7 Å². The second-order valence-corrected chi connectivity index (χ2v) is 9.54. The fourth-order valence-corrected chi connectivity index (χ4v) is 4.71. The number of halogens is 2. The molecule has 1 aromatic carbocycles. The molecule has 6 rings (SSSR count). The Morgan fingerprint density at radius 2 is 1.83 bits per heavy atom. The van der Waals surface area contributed by atoms with Crippen LogP contribution in [0.3, 0.4) is 0 Å². The van der Waals surface area contributed by atoms with Gasteiger partial charge in [-0.25, -0.2) is 28.7 Å². The van der Waals surface area contributed by atoms with Crippen LogP contribution < -0.4 is 0 Å². The van der Waals surface area contributed by atoms with Gasteiger partial charge in [0.15, 0.2) is 5.65 Å². The summed E-state index contributed by atoms with van der Waals surface area (Å²) < 4.78 is 36.7. The first kappa shape index (κ1) is 22.2. The molecule has 0 bridgehead atoms. The highest BCUT2D eigenvalue weighted by Crippen LogP contribution is 2.39. The molecule has 1 saturated carbocycles. The van der Waals surface area contributed by atoms with Crippen molar-refractivity contribution in [1.82, 2.24) is 29.7 Å². The van der Waals surface area contributed by atoms with Crippen molar-refractivity contribution >= 4 is 11.2 Å². The lowest BCUT2D eigenvalue weighted by molar-refractivity contribution is 0.0564. The van der Waals surface area contributed by atoms with E-state index in [1.54, 1.807) is 0 Å². The average molecular weight is 477 g/mol. The number of ether oxygens (including phenoxy) is 1. The lowest BCUT2D eigenvalue weighted by atomic mass is 9.94. The SMILES string of the molecule is Cc1nc2nc([C@@H]3CCCO[C@@H](c4cnn(C5CC5)c4)C3)nc(-c3ccc(F)cc3F)c2nc1C. The minimum Gasteiger partial charge on any atom is -0.373 e. The molecule has 0 unspecified atom stereocenters.